The van der Waals surface area contributed by atoms with E-state index < -0.39 is 15.8 Å². The average molecular weight is 350 g/mol. The summed E-state index contributed by atoms with van der Waals surface area (Å²) in [6.45, 7) is 4.47. The molecule has 0 bridgehead atoms. The van der Waals surface area contributed by atoms with Gasteiger partial charge >= 0.3 is 0 Å². The van der Waals surface area contributed by atoms with Crippen molar-refractivity contribution >= 4 is 26.0 Å². The summed E-state index contributed by atoms with van der Waals surface area (Å²) in [6, 6.07) is 3.89. The van der Waals surface area contributed by atoms with Gasteiger partial charge in [0.2, 0.25) is 10.0 Å². The lowest BCUT2D eigenvalue weighted by Gasteiger charge is -2.36. The highest BCUT2D eigenvalue weighted by molar-refractivity contribution is 9.10. The number of hydrogen-bond donors (Lipinski definition) is 0. The molecule has 0 amide bonds. The predicted molar refractivity (Wildman–Crippen MR) is 75.9 cm³/mol. The Kier molecular flexibility index (Phi) is 4.32. The van der Waals surface area contributed by atoms with Crippen molar-refractivity contribution in [3.05, 3.63) is 28.5 Å². The van der Waals surface area contributed by atoms with Gasteiger partial charge in [-0.2, -0.15) is 4.31 Å². The minimum Gasteiger partial charge on any atom is -0.207 e. The Morgan fingerprint density at radius 1 is 1.37 bits per heavy atom. The van der Waals surface area contributed by atoms with Crippen molar-refractivity contribution in [3.8, 4) is 0 Å². The van der Waals surface area contributed by atoms with Crippen LogP contribution in [-0.4, -0.2) is 25.3 Å². The quantitative estimate of drug-likeness (QED) is 0.820. The largest absolute Gasteiger partial charge is 0.243 e. The monoisotopic (exact) mass is 349 g/mol. The summed E-state index contributed by atoms with van der Waals surface area (Å²) in [6.07, 6.45) is 1.88. The predicted octanol–water partition coefficient (Wildman–Crippen LogP) is 3.40. The van der Waals surface area contributed by atoms with Gasteiger partial charge in [0.25, 0.3) is 0 Å². The highest BCUT2D eigenvalue weighted by Crippen LogP contribution is 2.29. The highest BCUT2D eigenvalue weighted by Gasteiger charge is 2.34. The highest BCUT2D eigenvalue weighted by atomic mass is 79.9. The standard InChI is InChI=1S/C13H17BrFNO2S/c1-9-4-3-7-16(10(9)2)19(17,18)11-5-6-12(14)13(15)8-11/h5-6,8-10H,3-4,7H2,1-2H3. The smallest absolute Gasteiger partial charge is 0.207 e. The van der Waals surface area contributed by atoms with E-state index in [9.17, 15) is 12.8 Å². The molecule has 0 saturated carbocycles. The molecule has 3 nitrogen and oxygen atoms in total. The van der Waals surface area contributed by atoms with Crippen LogP contribution in [0.15, 0.2) is 27.6 Å². The number of benzene rings is 1. The zero-order valence-corrected chi connectivity index (χ0v) is 13.3. The summed E-state index contributed by atoms with van der Waals surface area (Å²) in [5, 5.41) is 0. The second-order valence-electron chi connectivity index (χ2n) is 5.05. The number of sulfonamides is 1. The first-order chi connectivity index (χ1) is 8.84. The summed E-state index contributed by atoms with van der Waals surface area (Å²) in [5.74, 6) is -0.234. The van der Waals surface area contributed by atoms with Crippen LogP contribution in [0, 0.1) is 11.7 Å². The second-order valence-corrected chi connectivity index (χ2v) is 7.80. The van der Waals surface area contributed by atoms with E-state index in [4.69, 9.17) is 0 Å². The van der Waals surface area contributed by atoms with Gasteiger partial charge in [-0.25, -0.2) is 12.8 Å². The lowest BCUT2D eigenvalue weighted by atomic mass is 9.94. The second kappa shape index (κ2) is 5.50. The average Bonchev–Trinajstić information content (AvgIpc) is 2.35. The Labute approximate surface area is 122 Å². The first-order valence-corrected chi connectivity index (χ1v) is 8.54. The molecule has 0 N–H and O–H groups in total. The van der Waals surface area contributed by atoms with Crippen LogP contribution in [-0.2, 0) is 10.0 Å². The third-order valence-electron chi connectivity index (χ3n) is 3.81. The number of hydrogen-bond acceptors (Lipinski definition) is 2. The molecule has 1 aromatic rings. The van der Waals surface area contributed by atoms with E-state index in [0.29, 0.717) is 12.5 Å². The molecule has 1 fully saturated rings. The maximum absolute atomic E-state index is 13.5. The van der Waals surface area contributed by atoms with E-state index in [-0.39, 0.29) is 15.4 Å². The Balaban J connectivity index is 2.38. The van der Waals surface area contributed by atoms with Crippen molar-refractivity contribution in [2.75, 3.05) is 6.54 Å². The molecule has 0 aromatic heterocycles. The molecule has 2 atom stereocenters. The van der Waals surface area contributed by atoms with Gasteiger partial charge < -0.3 is 0 Å². The Bertz CT molecular complexity index is 576. The molecule has 2 rings (SSSR count). The zero-order valence-electron chi connectivity index (χ0n) is 10.9. The van der Waals surface area contributed by atoms with Crippen LogP contribution < -0.4 is 0 Å². The minimum absolute atomic E-state index is 0.0224. The number of rotatable bonds is 2. The first-order valence-electron chi connectivity index (χ1n) is 6.31. The lowest BCUT2D eigenvalue weighted by molar-refractivity contribution is 0.202. The van der Waals surface area contributed by atoms with E-state index in [2.05, 4.69) is 22.9 Å². The van der Waals surface area contributed by atoms with Gasteiger partial charge in [0.15, 0.2) is 0 Å². The fourth-order valence-corrected chi connectivity index (χ4v) is 4.43. The summed E-state index contributed by atoms with van der Waals surface area (Å²) in [5.41, 5.74) is 0. The van der Waals surface area contributed by atoms with Gasteiger partial charge in [-0.3, -0.25) is 0 Å². The molecule has 106 valence electrons. The molecular formula is C13H17BrFNO2S. The van der Waals surface area contributed by atoms with E-state index in [1.165, 1.54) is 16.4 Å². The minimum atomic E-state index is -3.61. The Morgan fingerprint density at radius 2 is 2.05 bits per heavy atom. The maximum atomic E-state index is 13.5. The van der Waals surface area contributed by atoms with Crippen LogP contribution in [0.4, 0.5) is 4.39 Å². The van der Waals surface area contributed by atoms with Crippen LogP contribution in [0.2, 0.25) is 0 Å². The van der Waals surface area contributed by atoms with Crippen LogP contribution in [0.3, 0.4) is 0 Å². The summed E-state index contributed by atoms with van der Waals surface area (Å²) < 4.78 is 40.4. The summed E-state index contributed by atoms with van der Waals surface area (Å²) >= 11 is 3.03. The molecule has 2 unspecified atom stereocenters. The van der Waals surface area contributed by atoms with Crippen LogP contribution in [0.1, 0.15) is 26.7 Å². The van der Waals surface area contributed by atoms with Crippen LogP contribution in [0.5, 0.6) is 0 Å². The molecule has 1 aliphatic rings. The molecule has 1 heterocycles. The van der Waals surface area contributed by atoms with Crippen molar-refractivity contribution < 1.29 is 12.8 Å². The fraction of sp³-hybridized carbons (Fsp3) is 0.538. The van der Waals surface area contributed by atoms with Crippen LogP contribution in [0.25, 0.3) is 0 Å². The van der Waals surface area contributed by atoms with Crippen molar-refractivity contribution in [3.63, 3.8) is 0 Å². The molecule has 6 heteroatoms. The van der Waals surface area contributed by atoms with Crippen molar-refractivity contribution in [2.24, 2.45) is 5.92 Å². The lowest BCUT2D eigenvalue weighted by Crippen LogP contribution is -2.45. The fourth-order valence-electron chi connectivity index (χ4n) is 2.41. The Hall–Kier alpha value is -0.460. The molecule has 1 aliphatic heterocycles. The van der Waals surface area contributed by atoms with Gasteiger partial charge in [-0.1, -0.05) is 6.92 Å². The molecular weight excluding hydrogens is 333 g/mol. The van der Waals surface area contributed by atoms with Gasteiger partial charge in [-0.05, 0) is 59.8 Å². The van der Waals surface area contributed by atoms with Gasteiger partial charge in [0.05, 0.1) is 9.37 Å². The van der Waals surface area contributed by atoms with E-state index in [1.54, 1.807) is 0 Å². The van der Waals surface area contributed by atoms with Crippen molar-refractivity contribution in [1.82, 2.24) is 4.31 Å². The number of nitrogens with zero attached hydrogens (tertiary/aromatic N) is 1. The Morgan fingerprint density at radius 3 is 2.68 bits per heavy atom. The molecule has 0 spiro atoms. The SMILES string of the molecule is CC1CCCN(S(=O)(=O)c2ccc(Br)c(F)c2)C1C. The van der Waals surface area contributed by atoms with Gasteiger partial charge in [0.1, 0.15) is 5.82 Å². The van der Waals surface area contributed by atoms with Crippen LogP contribution >= 0.6 is 15.9 Å². The van der Waals surface area contributed by atoms with Crippen molar-refractivity contribution in [2.45, 2.75) is 37.6 Å². The maximum Gasteiger partial charge on any atom is 0.243 e. The number of piperidine rings is 1. The first kappa shape index (κ1) is 14.9. The molecule has 19 heavy (non-hydrogen) atoms. The molecule has 0 aliphatic carbocycles. The van der Waals surface area contributed by atoms with Gasteiger partial charge in [0, 0.05) is 12.6 Å². The normalized spacial score (nSPS) is 25.5. The summed E-state index contributed by atoms with van der Waals surface area (Å²) in [7, 11) is -3.61. The van der Waals surface area contributed by atoms with E-state index in [1.807, 2.05) is 6.92 Å². The van der Waals surface area contributed by atoms with E-state index in [0.717, 1.165) is 18.9 Å². The molecule has 0 radical (unpaired) electrons. The summed E-state index contributed by atoms with van der Waals surface area (Å²) in [4.78, 5) is 0.0224. The third kappa shape index (κ3) is 2.85. The van der Waals surface area contributed by atoms with Crippen molar-refractivity contribution in [1.29, 1.82) is 0 Å². The third-order valence-corrected chi connectivity index (χ3v) is 6.44. The topological polar surface area (TPSA) is 37.4 Å². The number of halogens is 2. The van der Waals surface area contributed by atoms with E-state index >= 15 is 0 Å². The van der Waals surface area contributed by atoms with Gasteiger partial charge in [-0.15, -0.1) is 0 Å². The zero-order chi connectivity index (χ0) is 14.2. The molecule has 1 aromatic carbocycles. The molecule has 1 saturated heterocycles.